The fraction of sp³-hybridized carbons (Fsp3) is 0.625. The third kappa shape index (κ3) is 970. The molecule has 1 amide bonds. The fourth-order valence-electron chi connectivity index (χ4n) is 0.427. The predicted molar refractivity (Wildman–Crippen MR) is 42.3 cm³/mol. The summed E-state index contributed by atoms with van der Waals surface area (Å²) >= 11 is 0. The van der Waals surface area contributed by atoms with E-state index < -0.39 is 0 Å². The van der Waals surface area contributed by atoms with Crippen molar-refractivity contribution in [2.45, 2.75) is 20.3 Å². The molecule has 0 aromatic heterocycles. The van der Waals surface area contributed by atoms with Crippen molar-refractivity contribution in [3.8, 4) is 0 Å². The Labute approximate surface area is 1710 Å². The van der Waals surface area contributed by atoms with Crippen molar-refractivity contribution in [2.24, 2.45) is 5.92 Å². The Bertz CT molecular complexity index is 144. The molecule has 0 aromatic rings. The first-order valence-electron chi connectivity index (χ1n) is 3.50. The van der Waals surface area contributed by atoms with Crippen LogP contribution in [0.1, 0.15) is 20.3 Å². The van der Waals surface area contributed by atoms with E-state index in [4.69, 9.17) is 0 Å². The van der Waals surface area contributed by atoms with Gasteiger partial charge in [-0.05, 0) is 0 Å². The van der Waals surface area contributed by atoms with Crippen molar-refractivity contribution in [1.82, 2.24) is 0 Å². The van der Waals surface area contributed by atoms with Gasteiger partial charge in [0.2, 0.25) is 0 Å². The predicted octanol–water partition coefficient (Wildman–Crippen LogP) is -1.25. The van der Waals surface area contributed by atoms with Crippen LogP contribution in [0.5, 0.6) is 0 Å². The van der Waals surface area contributed by atoms with E-state index in [1.165, 1.54) is 0 Å². The van der Waals surface area contributed by atoms with Crippen LogP contribution in [0, 0.1) is 19.3 Å². The van der Waals surface area contributed by atoms with Crippen LogP contribution >= 0.6 is 0 Å². The number of amides is 1. The molecule has 101 heavy (non-hydrogen) atoms. The van der Waals surface area contributed by atoms with Crippen molar-refractivity contribution < 1.29 is 1700 Å². The Kier molecular flexibility index (Phi) is 8280. The van der Waals surface area contributed by atoms with Crippen LogP contribution < -0.4 is 29.6 Å². The molecule has 90 radical (unpaired) electrons. The molecule has 1 saturated heterocycles. The standard InChI is InChI=1S/C4H6NO.C4H9.Na.90V/c6-4-2-1-3-5-4;1-4(2)3;;;;;;;;;;;;;;;;;;;;;;;;;;;;;;;;;;;;;;;;;;;;;;;;;;;;;;;;;;;;;;;;;;;;;;;;;;;;;;;;;;;;;;;;;;;/h2H,1,3H2,(H,5,6);4H,1H2,2-3H3;;;;;;;;;;;;;;;;;;;;;;;;;;;;;;;;;;;;;;;;;;;;;;;;;;;;;;;;;;;;;;;;;;;;;;;;;;;;;;;;;;;;;;;;;;;/q2*-1;+1;;;;;;;;;;;;;;;;;;;;;;;;;;;;;;;;;;;;;;;;;;;;;;;;;;;;;;;;;;;;;;;;;;;;;;;;;;;;;;;;;;;;;;;;;;/p-1. The van der Waals surface area contributed by atoms with Gasteiger partial charge in [0, 0.05) is 1670 Å². The first-order valence-corrected chi connectivity index (χ1v) is 3.50. The van der Waals surface area contributed by atoms with Gasteiger partial charge in [0.05, 0.1) is 0 Å². The van der Waals surface area contributed by atoms with Gasteiger partial charge in [-0.1, -0.05) is 19.8 Å². The van der Waals surface area contributed by atoms with Crippen LogP contribution in [0.2, 0.25) is 0 Å². The first-order chi connectivity index (χ1) is 4.63. The number of carbonyl (C=O) groups is 1. The van der Waals surface area contributed by atoms with Gasteiger partial charge in [-0.15, -0.1) is 0 Å². The van der Waals surface area contributed by atoms with E-state index in [9.17, 15) is 4.79 Å². The summed E-state index contributed by atoms with van der Waals surface area (Å²) < 4.78 is 0. The molecule has 0 saturated carbocycles. The van der Waals surface area contributed by atoms with Gasteiger partial charge in [0.1, 0.15) is 0 Å². The van der Waals surface area contributed by atoms with Crippen molar-refractivity contribution in [3.63, 3.8) is 0 Å². The van der Waals surface area contributed by atoms with Gasteiger partial charge in [-0.25, -0.2) is 0 Å². The first kappa shape index (κ1) is 939. The zero-order valence-electron chi connectivity index (χ0n) is 47.9. The third-order valence-corrected chi connectivity index (χ3v) is 0.716. The molecule has 2 nitrogen and oxygen atoms in total. The van der Waals surface area contributed by atoms with Gasteiger partial charge in [-0.2, -0.15) is 18.9 Å². The zero-order valence-corrected chi connectivity index (χ0v) is 176. The van der Waals surface area contributed by atoms with Gasteiger partial charge in [0.15, 0.2) is 0 Å². The molecule has 0 aromatic carbocycles. The summed E-state index contributed by atoms with van der Waals surface area (Å²) in [5, 5.41) is 3.54. The smallest absolute Gasteiger partial charge is 0.682 e. The summed E-state index contributed by atoms with van der Waals surface area (Å²) in [6.45, 7) is 8.46. The molecule has 510 valence electrons. The summed E-state index contributed by atoms with van der Waals surface area (Å²) in [5.74, 6) is 0.537. The summed E-state index contributed by atoms with van der Waals surface area (Å²) in [6.07, 6.45) is 2.44. The molecule has 1 heterocycles. The molecule has 93 heteroatoms. The molecule has 0 unspecified atom stereocenters. The SMILES string of the molecule is O=C1[CH-]CC[N-]1.[CH2-]C(C)C.[Na+].[V].[V].[V].[V].[V].[V].[V].[V].[V].[V].[V].[V].[V].[V].[V].[V].[V].[V].[V].[V].[V].[V].[V].[V].[V].[V].[V].[V].[V].[V].[V].[V].[V].[V].[V].[V].[V].[V].[V].[V].[V].[V].[V].[V].[V].[V].[V].[V].[V].[V].[V].[V].[V].[V].[V].[V].[V].[V].[V].[V].[V].[V].[V].[V].[V].[V].[V].[V].[V].[V].[V].[V].[V].[V].[V].[V].[V].[V].[V].[V].[V].[V].[V].[V].[V].[V].[V].[V].[V].[V]. The number of nitrogens with zero attached hydrogens (tertiary/aromatic N) is 1. The third-order valence-electron chi connectivity index (χ3n) is 0.716. The quantitative estimate of drug-likeness (QED) is 0.221. The minimum absolute atomic E-state index is 0. The second kappa shape index (κ2) is 891. The maximum absolute atomic E-state index is 10.0. The minimum atomic E-state index is -0.0463. The van der Waals surface area contributed by atoms with Crippen LogP contribution in [0.3, 0.4) is 0 Å². The molecule has 0 bridgehead atoms. The maximum atomic E-state index is 10.0. The molecule has 1 fully saturated rings. The number of hydrogen-bond donors (Lipinski definition) is 0. The van der Waals surface area contributed by atoms with Gasteiger partial charge < -0.3 is 23.5 Å². The van der Waals surface area contributed by atoms with Crippen LogP contribution in [0.15, 0.2) is 0 Å². The molecule has 1 aliphatic heterocycles. The summed E-state index contributed by atoms with van der Waals surface area (Å²) in [6, 6.07) is 0. The van der Waals surface area contributed by atoms with E-state index in [-0.39, 0.29) is 1710 Å². The molecular weight excluding hydrogens is 4730 g/mol. The van der Waals surface area contributed by atoms with E-state index in [2.05, 4.69) is 26.1 Å². The molecule has 0 spiro atoms. The summed E-state index contributed by atoms with van der Waals surface area (Å²) in [7, 11) is 0. The van der Waals surface area contributed by atoms with Crippen molar-refractivity contribution >= 4 is 5.91 Å². The molecule has 0 atom stereocenters. The normalized spacial score (nSPS) is 1.52. The van der Waals surface area contributed by atoms with Crippen LogP contribution in [0.25, 0.3) is 5.32 Å². The summed E-state index contributed by atoms with van der Waals surface area (Å²) in [5.41, 5.74) is 0. The average molecular weight is 4750 g/mol. The van der Waals surface area contributed by atoms with E-state index >= 15 is 0 Å². The average Bonchev–Trinajstić information content (AvgIpc) is 2.15. The number of rotatable bonds is 0. The van der Waals surface area contributed by atoms with Crippen molar-refractivity contribution in [3.05, 3.63) is 18.7 Å². The van der Waals surface area contributed by atoms with Crippen LogP contribution in [-0.4, -0.2) is 12.5 Å². The molecule has 1 aliphatic rings. The van der Waals surface area contributed by atoms with E-state index in [0.29, 0.717) is 12.5 Å². The molecule has 1 rings (SSSR count). The zero-order chi connectivity index (χ0) is 7.98. The second-order valence-corrected chi connectivity index (χ2v) is 2.61. The maximum Gasteiger partial charge on any atom is 1.00 e. The monoisotopic (exact) mass is 4750 g/mol. The Morgan fingerprint density at radius 2 is 0.238 bits per heavy atom. The Morgan fingerprint density at radius 1 is 0.188 bits per heavy atom. The van der Waals surface area contributed by atoms with Crippen LogP contribution in [0.4, 0.5) is 0 Å². The van der Waals surface area contributed by atoms with E-state index in [1.807, 2.05) is 0 Å². The Hall–Kier alpha value is 52.9. The topological polar surface area (TPSA) is 31.2 Å². The summed E-state index contributed by atoms with van der Waals surface area (Å²) in [4.78, 5) is 10.0. The second-order valence-electron chi connectivity index (χ2n) is 2.61. The fourth-order valence-corrected chi connectivity index (χ4v) is 0.427. The number of hydrogen-bond acceptors (Lipinski definition) is 1. The van der Waals surface area contributed by atoms with Gasteiger partial charge >= 0.3 is 29.6 Å². The Morgan fingerprint density at radius 3 is 0.248 bits per heavy atom. The van der Waals surface area contributed by atoms with Crippen LogP contribution in [-0.2, 0) is 1670 Å². The molecule has 0 N–H and O–H groups in total. The van der Waals surface area contributed by atoms with Gasteiger partial charge in [-0.3, -0.25) is 0 Å². The minimum Gasteiger partial charge on any atom is -0.682 e. The van der Waals surface area contributed by atoms with Crippen molar-refractivity contribution in [1.29, 1.82) is 0 Å². The van der Waals surface area contributed by atoms with E-state index in [0.717, 1.165) is 6.42 Å². The van der Waals surface area contributed by atoms with Gasteiger partial charge in [0.25, 0.3) is 0 Å². The van der Waals surface area contributed by atoms with E-state index in [1.54, 1.807) is 6.42 Å². The number of carbonyl (C=O) groups excluding carboxylic acids is 1. The largest absolute Gasteiger partial charge is 1.00 e. The molecule has 0 aliphatic carbocycles. The van der Waals surface area contributed by atoms with Crippen molar-refractivity contribution in [2.75, 3.05) is 6.54 Å². The Balaban J connectivity index is -0.0000000000941. The molecular formula is C8H14NNaOV90-2.